The van der Waals surface area contributed by atoms with E-state index in [4.69, 9.17) is 9.47 Å². The number of benzene rings is 2. The largest absolute Gasteiger partial charge is 0.462 e. The summed E-state index contributed by atoms with van der Waals surface area (Å²) in [5.41, 5.74) is 1.80. The lowest BCUT2D eigenvalue weighted by molar-refractivity contribution is -0.124. The second-order valence-electron chi connectivity index (χ2n) is 7.28. The highest BCUT2D eigenvalue weighted by molar-refractivity contribution is 6.08. The molecule has 0 bridgehead atoms. The molecule has 0 saturated carbocycles. The summed E-state index contributed by atoms with van der Waals surface area (Å²) in [6.07, 6.45) is 3.37. The number of hydrogen-bond donors (Lipinski definition) is 2. The van der Waals surface area contributed by atoms with Gasteiger partial charge in [0.2, 0.25) is 12.7 Å². The highest BCUT2D eigenvalue weighted by Gasteiger charge is 2.28. The van der Waals surface area contributed by atoms with Crippen molar-refractivity contribution in [2.45, 2.75) is 19.0 Å². The van der Waals surface area contributed by atoms with Crippen molar-refractivity contribution < 1.29 is 14.3 Å². The molecule has 8 heteroatoms. The van der Waals surface area contributed by atoms with Crippen LogP contribution in [0, 0.1) is 0 Å². The summed E-state index contributed by atoms with van der Waals surface area (Å²) in [6.45, 7) is 0.493. The Balaban J connectivity index is 1.61. The van der Waals surface area contributed by atoms with E-state index in [0.717, 1.165) is 16.5 Å². The van der Waals surface area contributed by atoms with Gasteiger partial charge in [0, 0.05) is 23.7 Å². The Hall–Kier alpha value is -4.07. The maximum Gasteiger partial charge on any atom is 0.288 e. The molecule has 2 aromatic heterocycles. The summed E-state index contributed by atoms with van der Waals surface area (Å²) < 4.78 is 12.4. The van der Waals surface area contributed by atoms with Gasteiger partial charge in [-0.2, -0.15) is 5.10 Å². The zero-order valence-corrected chi connectivity index (χ0v) is 16.6. The van der Waals surface area contributed by atoms with E-state index >= 15 is 0 Å². The number of nitrogens with zero attached hydrogens (tertiary/aromatic N) is 2. The second-order valence-corrected chi connectivity index (χ2v) is 7.28. The quantitative estimate of drug-likeness (QED) is 0.504. The fraction of sp³-hybridized carbons (Fsp3) is 0.174. The van der Waals surface area contributed by atoms with Gasteiger partial charge in [-0.25, -0.2) is 5.10 Å². The fourth-order valence-corrected chi connectivity index (χ4v) is 3.96. The number of para-hydroxylation sites is 1. The van der Waals surface area contributed by atoms with Crippen molar-refractivity contribution in [3.63, 3.8) is 0 Å². The molecule has 1 aliphatic rings. The maximum atomic E-state index is 13.4. The molecule has 5 rings (SSSR count). The first kappa shape index (κ1) is 18.9. The van der Waals surface area contributed by atoms with E-state index < -0.39 is 6.04 Å². The Labute approximate surface area is 177 Å². The van der Waals surface area contributed by atoms with E-state index in [9.17, 15) is 9.59 Å². The first-order valence-electron chi connectivity index (χ1n) is 9.94. The monoisotopic (exact) mass is 416 g/mol. The van der Waals surface area contributed by atoms with Crippen LogP contribution < -0.4 is 10.9 Å². The average molecular weight is 416 g/mol. The third-order valence-electron chi connectivity index (χ3n) is 5.37. The van der Waals surface area contributed by atoms with Crippen molar-refractivity contribution in [2.24, 2.45) is 0 Å². The van der Waals surface area contributed by atoms with Gasteiger partial charge in [0.25, 0.3) is 5.56 Å². The minimum atomic E-state index is -0.720. The number of fused-ring (bicyclic) bond motifs is 3. The van der Waals surface area contributed by atoms with Gasteiger partial charge in [-0.05, 0) is 11.6 Å². The Morgan fingerprint density at radius 3 is 2.74 bits per heavy atom. The molecule has 2 N–H and O–H groups in total. The van der Waals surface area contributed by atoms with Crippen LogP contribution in [0.15, 0.2) is 77.6 Å². The van der Waals surface area contributed by atoms with E-state index in [-0.39, 0.29) is 24.7 Å². The molecule has 0 saturated heterocycles. The lowest BCUT2D eigenvalue weighted by Gasteiger charge is -2.20. The average Bonchev–Trinajstić information content (AvgIpc) is 3.43. The highest BCUT2D eigenvalue weighted by Crippen LogP contribution is 2.32. The van der Waals surface area contributed by atoms with Crippen molar-refractivity contribution in [1.82, 2.24) is 20.1 Å². The van der Waals surface area contributed by atoms with Crippen LogP contribution in [0.2, 0.25) is 0 Å². The van der Waals surface area contributed by atoms with Gasteiger partial charge in [0.1, 0.15) is 23.6 Å². The number of H-pyrrole nitrogens is 1. The molecule has 0 aliphatic carbocycles. The lowest BCUT2D eigenvalue weighted by atomic mass is 10.1. The molecular formula is C23H20N4O4. The van der Waals surface area contributed by atoms with E-state index in [0.29, 0.717) is 23.2 Å². The third-order valence-corrected chi connectivity index (χ3v) is 5.37. The van der Waals surface area contributed by atoms with Crippen molar-refractivity contribution in [1.29, 1.82) is 0 Å². The smallest absolute Gasteiger partial charge is 0.288 e. The zero-order valence-electron chi connectivity index (χ0n) is 16.6. The predicted octanol–water partition coefficient (Wildman–Crippen LogP) is 2.97. The van der Waals surface area contributed by atoms with Crippen LogP contribution in [-0.4, -0.2) is 27.5 Å². The Morgan fingerprint density at radius 2 is 1.94 bits per heavy atom. The zero-order chi connectivity index (χ0) is 21.2. The number of amides is 1. The molecule has 4 aromatic rings. The molecule has 156 valence electrons. The lowest BCUT2D eigenvalue weighted by Crippen LogP contribution is -2.33. The van der Waals surface area contributed by atoms with Crippen molar-refractivity contribution >= 4 is 27.7 Å². The summed E-state index contributed by atoms with van der Waals surface area (Å²) in [5, 5.41) is 11.0. The summed E-state index contributed by atoms with van der Waals surface area (Å²) >= 11 is 0. The summed E-state index contributed by atoms with van der Waals surface area (Å²) in [7, 11) is 0. The van der Waals surface area contributed by atoms with E-state index in [1.54, 1.807) is 10.8 Å². The Morgan fingerprint density at radius 1 is 1.13 bits per heavy atom. The van der Waals surface area contributed by atoms with Crippen LogP contribution in [0.5, 0.6) is 0 Å². The molecule has 2 aromatic carbocycles. The van der Waals surface area contributed by atoms with Crippen molar-refractivity contribution in [3.05, 3.63) is 88.7 Å². The first-order chi connectivity index (χ1) is 15.2. The number of ether oxygens (including phenoxy) is 2. The topological polar surface area (TPSA) is 98.2 Å². The van der Waals surface area contributed by atoms with Gasteiger partial charge in [-0.15, -0.1) is 0 Å². The molecule has 0 spiro atoms. The molecule has 3 heterocycles. The number of carbonyl (C=O) groups is 1. The normalized spacial score (nSPS) is 14.1. The van der Waals surface area contributed by atoms with E-state index in [1.165, 1.54) is 6.26 Å². The van der Waals surface area contributed by atoms with Gasteiger partial charge in [0.15, 0.2) is 0 Å². The van der Waals surface area contributed by atoms with Crippen LogP contribution in [0.1, 0.15) is 18.0 Å². The van der Waals surface area contributed by atoms with Gasteiger partial charge >= 0.3 is 0 Å². The molecule has 1 unspecified atom stereocenters. The van der Waals surface area contributed by atoms with E-state index in [2.05, 4.69) is 15.5 Å². The van der Waals surface area contributed by atoms with Crippen LogP contribution >= 0.6 is 0 Å². The summed E-state index contributed by atoms with van der Waals surface area (Å²) in [6, 6.07) is 16.5. The molecular weight excluding hydrogens is 396 g/mol. The number of aromatic nitrogens is 3. The van der Waals surface area contributed by atoms with Crippen LogP contribution in [-0.2, 0) is 20.8 Å². The van der Waals surface area contributed by atoms with Crippen LogP contribution in [0.4, 0.5) is 0 Å². The Kier molecular flexibility index (Phi) is 4.87. The molecule has 8 nitrogen and oxygen atoms in total. The molecule has 0 radical (unpaired) electrons. The van der Waals surface area contributed by atoms with Gasteiger partial charge in [-0.1, -0.05) is 48.5 Å². The summed E-state index contributed by atoms with van der Waals surface area (Å²) in [4.78, 5) is 26.2. The Bertz CT molecular complexity index is 1340. The third kappa shape index (κ3) is 3.52. The minimum Gasteiger partial charge on any atom is -0.462 e. The van der Waals surface area contributed by atoms with Crippen molar-refractivity contribution in [3.8, 4) is 0 Å². The fourth-order valence-electron chi connectivity index (χ4n) is 3.96. The first-order valence-corrected chi connectivity index (χ1v) is 9.94. The number of rotatable bonds is 6. The minimum absolute atomic E-state index is 0.116. The predicted molar refractivity (Wildman–Crippen MR) is 115 cm³/mol. The number of carbonyl (C=O) groups excluding carboxylic acids is 1. The second kappa shape index (κ2) is 7.98. The standard InChI is InChI=1S/C23H20N4O4/c28-22(24-11-15-6-2-1-3-7-15)20(10-16-13-30-14-31-16)27-19-9-5-4-8-17(19)18-12-25-26-23(29)21(18)27/h1-9,12-13,20H,10-11,14H2,(H,24,28)(H,26,29). The molecule has 0 fully saturated rings. The number of nitrogens with one attached hydrogen (secondary N) is 2. The van der Waals surface area contributed by atoms with Gasteiger partial charge in [-0.3, -0.25) is 9.59 Å². The molecule has 1 atom stereocenters. The molecule has 1 amide bonds. The number of aromatic amines is 1. The SMILES string of the molecule is O=C(NCc1ccccc1)C(CC1=COCO1)n1c2ccccc2c2cn[nH]c(=O)c21. The molecule has 31 heavy (non-hydrogen) atoms. The summed E-state index contributed by atoms with van der Waals surface area (Å²) in [5.74, 6) is 0.329. The van der Waals surface area contributed by atoms with E-state index in [1.807, 2.05) is 54.6 Å². The van der Waals surface area contributed by atoms with Crippen molar-refractivity contribution in [2.75, 3.05) is 6.79 Å². The van der Waals surface area contributed by atoms with Gasteiger partial charge < -0.3 is 19.4 Å². The maximum absolute atomic E-state index is 13.4. The van der Waals surface area contributed by atoms with Gasteiger partial charge in [0.05, 0.1) is 11.7 Å². The number of hydrogen-bond acceptors (Lipinski definition) is 5. The van der Waals surface area contributed by atoms with Crippen LogP contribution in [0.3, 0.4) is 0 Å². The highest BCUT2D eigenvalue weighted by atomic mass is 16.7. The number of allylic oxidation sites excluding steroid dienone is 1. The van der Waals surface area contributed by atoms with Crippen LogP contribution in [0.25, 0.3) is 21.8 Å². The molecule has 1 aliphatic heterocycles.